The molecule has 0 aliphatic rings. The molecule has 0 bridgehead atoms. The summed E-state index contributed by atoms with van der Waals surface area (Å²) >= 11 is 5.98. The Balaban J connectivity index is 1.64. The molecule has 0 aliphatic carbocycles. The Bertz CT molecular complexity index is 931. The molecular weight excluding hydrogens is 314 g/mol. The Morgan fingerprint density at radius 3 is 2.78 bits per heavy atom. The zero-order valence-electron chi connectivity index (χ0n) is 11.8. The lowest BCUT2D eigenvalue weighted by molar-refractivity contribution is 0.432. The van der Waals surface area contributed by atoms with Crippen molar-refractivity contribution < 1.29 is 4.52 Å². The van der Waals surface area contributed by atoms with Crippen molar-refractivity contribution in [1.82, 2.24) is 24.7 Å². The highest BCUT2D eigenvalue weighted by Gasteiger charge is 2.11. The second-order valence-corrected chi connectivity index (χ2v) is 5.24. The van der Waals surface area contributed by atoms with Crippen molar-refractivity contribution >= 4 is 11.6 Å². The highest BCUT2D eigenvalue weighted by Crippen LogP contribution is 2.24. The quantitative estimate of drug-likeness (QED) is 0.575. The molecule has 0 N–H and O–H groups in total. The van der Waals surface area contributed by atoms with Crippen LogP contribution in [0, 0.1) is 0 Å². The standard InChI is InChI=1S/C16H10ClN5O/c17-13-3-1-2-11(8-13)16-20-15(21-23-16)12-4-5-14(19-9-12)22-7-6-18-10-22/h1-10H. The summed E-state index contributed by atoms with van der Waals surface area (Å²) < 4.78 is 7.12. The number of hydrogen-bond acceptors (Lipinski definition) is 5. The molecule has 0 unspecified atom stereocenters. The van der Waals surface area contributed by atoms with Gasteiger partial charge in [-0.25, -0.2) is 9.97 Å². The number of nitrogens with zero attached hydrogens (tertiary/aromatic N) is 5. The largest absolute Gasteiger partial charge is 0.334 e. The maximum Gasteiger partial charge on any atom is 0.258 e. The van der Waals surface area contributed by atoms with E-state index in [1.165, 1.54) is 0 Å². The van der Waals surface area contributed by atoms with Crippen molar-refractivity contribution in [3.05, 3.63) is 66.3 Å². The van der Waals surface area contributed by atoms with Gasteiger partial charge < -0.3 is 4.52 Å². The minimum Gasteiger partial charge on any atom is -0.334 e. The van der Waals surface area contributed by atoms with Crippen molar-refractivity contribution in [2.75, 3.05) is 0 Å². The molecule has 4 aromatic rings. The van der Waals surface area contributed by atoms with Gasteiger partial charge in [-0.2, -0.15) is 4.98 Å². The van der Waals surface area contributed by atoms with Crippen molar-refractivity contribution in [2.45, 2.75) is 0 Å². The maximum atomic E-state index is 5.98. The van der Waals surface area contributed by atoms with Crippen LogP contribution in [0.1, 0.15) is 0 Å². The first-order valence-electron chi connectivity index (χ1n) is 6.84. The molecule has 23 heavy (non-hydrogen) atoms. The zero-order valence-corrected chi connectivity index (χ0v) is 12.6. The molecule has 4 rings (SSSR count). The molecule has 3 aromatic heterocycles. The summed E-state index contributed by atoms with van der Waals surface area (Å²) in [7, 11) is 0. The van der Waals surface area contributed by atoms with E-state index in [0.717, 1.165) is 16.9 Å². The third-order valence-corrected chi connectivity index (χ3v) is 3.51. The molecule has 112 valence electrons. The Morgan fingerprint density at radius 2 is 2.04 bits per heavy atom. The van der Waals surface area contributed by atoms with Crippen LogP contribution in [0.3, 0.4) is 0 Å². The highest BCUT2D eigenvalue weighted by molar-refractivity contribution is 6.30. The molecule has 0 radical (unpaired) electrons. The average molecular weight is 324 g/mol. The smallest absolute Gasteiger partial charge is 0.258 e. The van der Waals surface area contributed by atoms with Gasteiger partial charge in [0.25, 0.3) is 5.89 Å². The first-order chi connectivity index (χ1) is 11.3. The lowest BCUT2D eigenvalue weighted by atomic mass is 10.2. The van der Waals surface area contributed by atoms with Gasteiger partial charge in [-0.15, -0.1) is 0 Å². The molecule has 0 saturated heterocycles. The normalized spacial score (nSPS) is 10.8. The Kier molecular flexibility index (Phi) is 3.36. The van der Waals surface area contributed by atoms with Gasteiger partial charge in [0.1, 0.15) is 12.1 Å². The first-order valence-corrected chi connectivity index (χ1v) is 7.22. The van der Waals surface area contributed by atoms with Gasteiger partial charge in [0.2, 0.25) is 5.82 Å². The van der Waals surface area contributed by atoms with Gasteiger partial charge in [0.15, 0.2) is 0 Å². The van der Waals surface area contributed by atoms with E-state index in [1.807, 2.05) is 35.0 Å². The molecule has 7 heteroatoms. The third-order valence-electron chi connectivity index (χ3n) is 3.27. The topological polar surface area (TPSA) is 69.6 Å². The minimum absolute atomic E-state index is 0.418. The second kappa shape index (κ2) is 5.66. The number of hydrogen-bond donors (Lipinski definition) is 0. The number of halogens is 1. The molecule has 0 saturated carbocycles. The van der Waals surface area contributed by atoms with Crippen LogP contribution in [0.4, 0.5) is 0 Å². The summed E-state index contributed by atoms with van der Waals surface area (Å²) in [6, 6.07) is 11.0. The monoisotopic (exact) mass is 323 g/mol. The molecule has 1 aromatic carbocycles. The number of pyridine rings is 1. The van der Waals surface area contributed by atoms with Gasteiger partial charge >= 0.3 is 0 Å². The van der Waals surface area contributed by atoms with Crippen LogP contribution in [0.2, 0.25) is 5.02 Å². The molecule has 0 spiro atoms. The van der Waals surface area contributed by atoms with Gasteiger partial charge in [-0.3, -0.25) is 4.57 Å². The number of rotatable bonds is 3. The summed E-state index contributed by atoms with van der Waals surface area (Å²) in [5.74, 6) is 1.66. The van der Waals surface area contributed by atoms with E-state index in [0.29, 0.717) is 16.7 Å². The molecule has 0 aliphatic heterocycles. The van der Waals surface area contributed by atoms with E-state index >= 15 is 0 Å². The fourth-order valence-electron chi connectivity index (χ4n) is 2.15. The summed E-state index contributed by atoms with van der Waals surface area (Å²) in [5, 5.41) is 4.62. The lowest BCUT2D eigenvalue weighted by Crippen LogP contribution is -1.94. The zero-order chi connectivity index (χ0) is 15.6. The molecule has 0 atom stereocenters. The molecular formula is C16H10ClN5O. The molecule has 3 heterocycles. The van der Waals surface area contributed by atoms with Crippen LogP contribution in [-0.4, -0.2) is 24.7 Å². The fraction of sp³-hybridized carbons (Fsp3) is 0. The van der Waals surface area contributed by atoms with E-state index in [2.05, 4.69) is 20.1 Å². The Hall–Kier alpha value is -2.99. The van der Waals surface area contributed by atoms with Crippen LogP contribution in [0.15, 0.2) is 65.8 Å². The molecule has 6 nitrogen and oxygen atoms in total. The summed E-state index contributed by atoms with van der Waals surface area (Å²) in [5.41, 5.74) is 1.55. The second-order valence-electron chi connectivity index (χ2n) is 4.81. The highest BCUT2D eigenvalue weighted by atomic mass is 35.5. The van der Waals surface area contributed by atoms with E-state index in [4.69, 9.17) is 16.1 Å². The van der Waals surface area contributed by atoms with Crippen LogP contribution >= 0.6 is 11.6 Å². The molecule has 0 amide bonds. The van der Waals surface area contributed by atoms with Gasteiger partial charge in [0, 0.05) is 34.7 Å². The van der Waals surface area contributed by atoms with E-state index in [9.17, 15) is 0 Å². The number of benzene rings is 1. The summed E-state index contributed by atoms with van der Waals surface area (Å²) in [4.78, 5) is 12.8. The number of imidazole rings is 1. The third kappa shape index (κ3) is 2.72. The Morgan fingerprint density at radius 1 is 1.09 bits per heavy atom. The van der Waals surface area contributed by atoms with E-state index in [1.54, 1.807) is 30.9 Å². The SMILES string of the molecule is Clc1cccc(-c2nc(-c3ccc(-n4ccnc4)nc3)no2)c1. The van der Waals surface area contributed by atoms with Gasteiger partial charge in [-0.1, -0.05) is 22.8 Å². The van der Waals surface area contributed by atoms with Crippen molar-refractivity contribution in [1.29, 1.82) is 0 Å². The van der Waals surface area contributed by atoms with Crippen LogP contribution in [-0.2, 0) is 0 Å². The van der Waals surface area contributed by atoms with Crippen LogP contribution in [0.25, 0.3) is 28.7 Å². The first kappa shape index (κ1) is 13.7. The Labute approximate surface area is 136 Å². The summed E-state index contributed by atoms with van der Waals surface area (Å²) in [6.07, 6.45) is 6.91. The van der Waals surface area contributed by atoms with E-state index < -0.39 is 0 Å². The van der Waals surface area contributed by atoms with Gasteiger partial charge in [0.05, 0.1) is 0 Å². The fourth-order valence-corrected chi connectivity index (χ4v) is 2.34. The summed E-state index contributed by atoms with van der Waals surface area (Å²) in [6.45, 7) is 0. The average Bonchev–Trinajstić information content (AvgIpc) is 3.27. The van der Waals surface area contributed by atoms with E-state index in [-0.39, 0.29) is 0 Å². The van der Waals surface area contributed by atoms with Crippen molar-refractivity contribution in [3.63, 3.8) is 0 Å². The van der Waals surface area contributed by atoms with Crippen LogP contribution in [0.5, 0.6) is 0 Å². The van der Waals surface area contributed by atoms with Crippen molar-refractivity contribution in [2.24, 2.45) is 0 Å². The predicted octanol–water partition coefficient (Wildman–Crippen LogP) is 3.64. The van der Waals surface area contributed by atoms with Gasteiger partial charge in [-0.05, 0) is 30.3 Å². The van der Waals surface area contributed by atoms with Crippen molar-refractivity contribution in [3.8, 4) is 28.7 Å². The van der Waals surface area contributed by atoms with Crippen LogP contribution < -0.4 is 0 Å². The molecule has 0 fully saturated rings. The minimum atomic E-state index is 0.418. The maximum absolute atomic E-state index is 5.98. The predicted molar refractivity (Wildman–Crippen MR) is 85.1 cm³/mol. The lowest BCUT2D eigenvalue weighted by Gasteiger charge is -2.00. The number of aromatic nitrogens is 5.